The summed E-state index contributed by atoms with van der Waals surface area (Å²) in [5.74, 6) is -1.03. The molecule has 0 saturated carbocycles. The highest BCUT2D eigenvalue weighted by molar-refractivity contribution is 8.04. The number of nitrogen functional groups attached to an aromatic ring is 2. The van der Waals surface area contributed by atoms with Crippen molar-refractivity contribution in [2.24, 2.45) is 30.7 Å². The Morgan fingerprint density at radius 2 is 1.11 bits per heavy atom. The highest BCUT2D eigenvalue weighted by Crippen LogP contribution is 2.51. The fourth-order valence-electron chi connectivity index (χ4n) is 4.88. The molecule has 0 fully saturated rings. The van der Waals surface area contributed by atoms with Gasteiger partial charge in [-0.05, 0) is 95.9 Å². The Morgan fingerprint density at radius 3 is 1.55 bits per heavy atom. The zero-order chi connectivity index (χ0) is 47.3. The molecule has 9 N–H and O–H groups in total. The first kappa shape index (κ1) is 51.1. The number of hydrogen-bond acceptors (Lipinski definition) is 24. The SMILES string of the molecule is CN(CCO)CCS(=O)(=O)c1ccc(N=Nc2c(N)c(N=Nc3ccc(S(=O)(=O)CCOS(=O)(=O)O)cc3)c(N)c(N=Nc3ccc(SC#COOS(=O)(=O)O)cc3)c2C(O)O)cc1. The number of rotatable bonds is 21. The molecular formula is C34H37N9O16S5. The normalized spacial score (nSPS) is 12.8. The zero-order valence-corrected chi connectivity index (χ0v) is 36.9. The summed E-state index contributed by atoms with van der Waals surface area (Å²) in [6.45, 7) is -0.554. The van der Waals surface area contributed by atoms with Gasteiger partial charge in [0, 0.05) is 23.2 Å². The number of hydrogen-bond donors (Lipinski definition) is 7. The van der Waals surface area contributed by atoms with E-state index in [1.165, 1.54) is 60.7 Å². The molecule has 4 rings (SSSR count). The van der Waals surface area contributed by atoms with E-state index in [1.807, 2.05) is 6.11 Å². The fraction of sp³-hybridized carbons (Fsp3) is 0.235. The Balaban J connectivity index is 1.73. The minimum absolute atomic E-state index is 0.0247. The van der Waals surface area contributed by atoms with Crippen LogP contribution in [-0.4, -0.2) is 108 Å². The Bertz CT molecular complexity index is 2890. The molecule has 0 heterocycles. The summed E-state index contributed by atoms with van der Waals surface area (Å²) in [7, 11) is -15.9. The average Bonchev–Trinajstić information content (AvgIpc) is 3.21. The van der Waals surface area contributed by atoms with Crippen LogP contribution in [0, 0.1) is 11.4 Å². The quantitative estimate of drug-likeness (QED) is 0.00901. The van der Waals surface area contributed by atoms with E-state index in [2.05, 4.69) is 49.3 Å². The van der Waals surface area contributed by atoms with Crippen molar-refractivity contribution in [3.8, 4) is 11.4 Å². The Kier molecular flexibility index (Phi) is 17.9. The molecule has 25 nitrogen and oxygen atoms in total. The number of sulfone groups is 2. The lowest BCUT2D eigenvalue weighted by atomic mass is 10.0. The van der Waals surface area contributed by atoms with E-state index >= 15 is 0 Å². The van der Waals surface area contributed by atoms with Crippen LogP contribution in [0.1, 0.15) is 11.9 Å². The summed E-state index contributed by atoms with van der Waals surface area (Å²) in [6, 6.07) is 15.9. The van der Waals surface area contributed by atoms with Crippen LogP contribution >= 0.6 is 11.8 Å². The van der Waals surface area contributed by atoms with Gasteiger partial charge in [-0.25, -0.2) is 21.0 Å². The van der Waals surface area contributed by atoms with Crippen LogP contribution in [0.5, 0.6) is 0 Å². The standard InChI is InChI=1S/C34H37N9O16S5/c1-43(14-16-44)15-20-61(47,48)26-10-4-23(5-11-26)38-41-32-28(34(45)46)31(40-37-22-2-8-25(9-3-22)60-19-17-57-59-64(54,55)56)29(35)33(30(32)36)42-39-24-6-12-27(13-7-24)62(49,50)21-18-58-63(51,52)53/h2-13,34,44-46H,14-16,18,20-21,35-36H2,1H3,(H,51,52,53)(H,54,55,56). The van der Waals surface area contributed by atoms with Crippen molar-refractivity contribution in [1.82, 2.24) is 4.90 Å². The van der Waals surface area contributed by atoms with Crippen LogP contribution in [-0.2, 0) is 53.9 Å². The number of thioether (sulfide) groups is 1. The number of aliphatic hydroxyl groups excluding tert-OH is 2. The average molecular weight is 988 g/mol. The van der Waals surface area contributed by atoms with E-state index in [1.54, 1.807) is 11.9 Å². The van der Waals surface area contributed by atoms with E-state index in [9.17, 15) is 43.9 Å². The van der Waals surface area contributed by atoms with Gasteiger partial charge in [0.2, 0.25) is 0 Å². The van der Waals surface area contributed by atoms with E-state index in [0.29, 0.717) is 4.90 Å². The Morgan fingerprint density at radius 1 is 0.656 bits per heavy atom. The van der Waals surface area contributed by atoms with Crippen LogP contribution in [0.2, 0.25) is 0 Å². The zero-order valence-electron chi connectivity index (χ0n) is 32.8. The topological polar surface area (TPSA) is 395 Å². The highest BCUT2D eigenvalue weighted by atomic mass is 32.3. The van der Waals surface area contributed by atoms with Crippen LogP contribution in [0.25, 0.3) is 0 Å². The molecule has 0 atom stereocenters. The van der Waals surface area contributed by atoms with Gasteiger partial charge < -0.3 is 31.7 Å². The van der Waals surface area contributed by atoms with Crippen molar-refractivity contribution in [2.45, 2.75) is 21.0 Å². The second kappa shape index (κ2) is 22.4. The summed E-state index contributed by atoms with van der Waals surface area (Å²) in [6.07, 6.45) is -0.473. The number of nitrogens with two attached hydrogens (primary N) is 2. The number of azo groups is 3. The van der Waals surface area contributed by atoms with Gasteiger partial charge in [0.15, 0.2) is 32.1 Å². The third-order valence-corrected chi connectivity index (χ3v) is 12.8. The molecule has 0 aliphatic carbocycles. The third-order valence-electron chi connectivity index (χ3n) is 7.99. The van der Waals surface area contributed by atoms with Crippen molar-refractivity contribution in [2.75, 3.05) is 56.3 Å². The van der Waals surface area contributed by atoms with Crippen molar-refractivity contribution in [1.29, 1.82) is 0 Å². The van der Waals surface area contributed by atoms with E-state index in [0.717, 1.165) is 23.9 Å². The van der Waals surface area contributed by atoms with Crippen LogP contribution < -0.4 is 11.5 Å². The largest absolute Gasteiger partial charge is 0.433 e. The van der Waals surface area contributed by atoms with Gasteiger partial charge in [0.25, 0.3) is 0 Å². The maximum absolute atomic E-state index is 12.9. The lowest BCUT2D eigenvalue weighted by Crippen LogP contribution is -2.28. The maximum atomic E-state index is 12.9. The summed E-state index contributed by atoms with van der Waals surface area (Å²) in [5.41, 5.74) is 10.7. The highest BCUT2D eigenvalue weighted by Gasteiger charge is 2.26. The molecule has 30 heteroatoms. The summed E-state index contributed by atoms with van der Waals surface area (Å²) in [4.78, 5) is 5.90. The van der Waals surface area contributed by atoms with Crippen molar-refractivity contribution in [3.05, 3.63) is 78.4 Å². The lowest BCUT2D eigenvalue weighted by Gasteiger charge is -2.16. The predicted octanol–water partition coefficient (Wildman–Crippen LogP) is 4.13. The molecule has 0 aliphatic heterocycles. The Labute approximate surface area is 370 Å². The van der Waals surface area contributed by atoms with Gasteiger partial charge in [0.05, 0.1) is 68.5 Å². The molecule has 64 heavy (non-hydrogen) atoms. The lowest BCUT2D eigenvalue weighted by molar-refractivity contribution is -0.135. The number of nitrogens with zero attached hydrogens (tertiary/aromatic N) is 7. The summed E-state index contributed by atoms with van der Waals surface area (Å²) >= 11 is 0.865. The number of likely N-dealkylation sites (N-methyl/N-ethyl adjacent to an activating group) is 1. The first-order valence-electron chi connectivity index (χ1n) is 17.5. The van der Waals surface area contributed by atoms with Crippen molar-refractivity contribution in [3.63, 3.8) is 0 Å². The molecule has 0 radical (unpaired) electrons. The van der Waals surface area contributed by atoms with E-state index < -0.39 is 81.7 Å². The fourth-order valence-corrected chi connectivity index (χ4v) is 8.30. The number of benzene rings is 4. The first-order chi connectivity index (χ1) is 30.0. The number of anilines is 2. The molecular weight excluding hydrogens is 951 g/mol. The second-order valence-corrected chi connectivity index (χ2v) is 19.7. The molecule has 0 aromatic heterocycles. The van der Waals surface area contributed by atoms with Gasteiger partial charge >= 0.3 is 20.8 Å². The van der Waals surface area contributed by atoms with Crippen LogP contribution in [0.4, 0.5) is 45.5 Å². The van der Waals surface area contributed by atoms with Gasteiger partial charge in [-0.1, -0.05) is 0 Å². The minimum Gasteiger partial charge on any atom is -0.395 e. The third kappa shape index (κ3) is 15.6. The predicted molar refractivity (Wildman–Crippen MR) is 228 cm³/mol. The van der Waals surface area contributed by atoms with Gasteiger partial charge in [0.1, 0.15) is 17.1 Å². The summed E-state index contributed by atoms with van der Waals surface area (Å²) < 4.78 is 119. The molecule has 0 amide bonds. The second-order valence-electron chi connectivity index (χ2n) is 12.5. The van der Waals surface area contributed by atoms with Crippen LogP contribution in [0.15, 0.2) is 118 Å². The Hall–Kier alpha value is -5.53. The van der Waals surface area contributed by atoms with Crippen LogP contribution in [0.3, 0.4) is 0 Å². The van der Waals surface area contributed by atoms with Crippen molar-refractivity contribution < 1.29 is 71.5 Å². The molecule has 0 saturated heterocycles. The molecule has 344 valence electrons. The molecule has 0 spiro atoms. The monoisotopic (exact) mass is 987 g/mol. The molecule has 0 bridgehead atoms. The van der Waals surface area contributed by atoms with Gasteiger partial charge in [-0.3, -0.25) is 14.0 Å². The first-order valence-corrected chi connectivity index (χ1v) is 24.4. The van der Waals surface area contributed by atoms with E-state index in [4.69, 9.17) is 25.7 Å². The van der Waals surface area contributed by atoms with E-state index in [-0.39, 0.29) is 63.7 Å². The maximum Gasteiger partial charge on any atom is 0.433 e. The molecule has 0 unspecified atom stereocenters. The van der Waals surface area contributed by atoms with Gasteiger partial charge in [-0.2, -0.15) is 32.2 Å². The molecule has 4 aromatic carbocycles. The number of aliphatic hydroxyl groups is 3. The minimum atomic E-state index is -4.87. The summed E-state index contributed by atoms with van der Waals surface area (Å²) in [5, 5.41) is 57.2. The van der Waals surface area contributed by atoms with Crippen molar-refractivity contribution >= 4 is 97.7 Å². The molecule has 0 aliphatic rings. The molecule has 4 aromatic rings. The smallest absolute Gasteiger partial charge is 0.395 e. The van der Waals surface area contributed by atoms with Gasteiger partial charge in [-0.15, -0.1) is 15.3 Å².